The molecule has 3 aromatic rings. The number of rotatable bonds is 3. The van der Waals surface area contributed by atoms with Gasteiger partial charge in [0.1, 0.15) is 23.0 Å². The van der Waals surface area contributed by atoms with Gasteiger partial charge in [-0.05, 0) is 85.4 Å². The van der Waals surface area contributed by atoms with E-state index in [1.165, 1.54) is 12.0 Å². The Morgan fingerprint density at radius 2 is 1.77 bits per heavy atom. The first-order valence-corrected chi connectivity index (χ1v) is 11.1. The highest BCUT2D eigenvalue weighted by atomic mass is 79.9. The maximum Gasteiger partial charge on any atom is 0.131 e. The second kappa shape index (κ2) is 7.84. The highest BCUT2D eigenvalue weighted by Crippen LogP contribution is 2.46. The van der Waals surface area contributed by atoms with Crippen LogP contribution >= 0.6 is 15.9 Å². The number of phenols is 1. The minimum absolute atomic E-state index is 0.0874. The summed E-state index contributed by atoms with van der Waals surface area (Å²) >= 11 is 3.59. The third-order valence-corrected chi connectivity index (χ3v) is 6.58. The van der Waals surface area contributed by atoms with Gasteiger partial charge < -0.3 is 14.6 Å². The number of hydrogen-bond donors (Lipinski definition) is 1. The average molecular weight is 463 g/mol. The Bertz CT molecular complexity index is 1130. The van der Waals surface area contributed by atoms with Gasteiger partial charge in [0.05, 0.1) is 7.11 Å². The first kappa shape index (κ1) is 19.3. The van der Waals surface area contributed by atoms with E-state index in [0.29, 0.717) is 5.75 Å². The molecule has 1 N–H and O–H groups in total. The van der Waals surface area contributed by atoms with Crippen LogP contribution in [0.3, 0.4) is 0 Å². The molecule has 0 fully saturated rings. The summed E-state index contributed by atoms with van der Waals surface area (Å²) in [4.78, 5) is 0. The van der Waals surface area contributed by atoms with Crippen LogP contribution < -0.4 is 9.47 Å². The lowest BCUT2D eigenvalue weighted by molar-refractivity contribution is 0.414. The summed E-state index contributed by atoms with van der Waals surface area (Å²) in [6.45, 7) is 0. The summed E-state index contributed by atoms with van der Waals surface area (Å²) < 4.78 is 12.5. The normalized spacial score (nSPS) is 17.4. The number of allylic oxidation sites excluding steroid dienone is 1. The van der Waals surface area contributed by atoms with Crippen molar-refractivity contribution in [2.75, 3.05) is 7.11 Å². The monoisotopic (exact) mass is 462 g/mol. The lowest BCUT2D eigenvalue weighted by atomic mass is 9.82. The van der Waals surface area contributed by atoms with E-state index in [-0.39, 0.29) is 5.92 Å². The van der Waals surface area contributed by atoms with E-state index in [0.717, 1.165) is 63.2 Å². The minimum Gasteiger partial charge on any atom is -0.507 e. The van der Waals surface area contributed by atoms with Crippen LogP contribution in [0.4, 0.5) is 0 Å². The molecule has 2 aliphatic rings. The van der Waals surface area contributed by atoms with E-state index in [1.54, 1.807) is 7.11 Å². The Balaban J connectivity index is 1.64. The number of halogens is 1. The number of aromatic hydroxyl groups is 1. The predicted octanol–water partition coefficient (Wildman–Crippen LogP) is 6.61. The fraction of sp³-hybridized carbons (Fsp3) is 0.231. The number of phenolic OH excluding ortho intramolecular Hbond substituents is 1. The number of ether oxygens (including phenoxy) is 2. The summed E-state index contributed by atoms with van der Waals surface area (Å²) in [5, 5.41) is 11.2. The first-order chi connectivity index (χ1) is 14.6. The van der Waals surface area contributed by atoms with Crippen molar-refractivity contribution in [2.24, 2.45) is 0 Å². The van der Waals surface area contributed by atoms with Crippen molar-refractivity contribution in [3.63, 3.8) is 0 Å². The van der Waals surface area contributed by atoms with Crippen LogP contribution in [0.5, 0.6) is 17.2 Å². The lowest BCUT2D eigenvalue weighted by Gasteiger charge is -2.28. The van der Waals surface area contributed by atoms with Crippen molar-refractivity contribution < 1.29 is 14.6 Å². The smallest absolute Gasteiger partial charge is 0.131 e. The van der Waals surface area contributed by atoms with Gasteiger partial charge in [0.25, 0.3) is 0 Å². The standard InChI is InChI=1S/C26H23BrO3/c1-29-19-10-6-17(7-11-19)25-15-22(23-14-18(27)9-13-24(23)30-25)21-12-8-16-4-2-3-5-20(16)26(21)28/h6-15,22,28H,2-5H2,1H3. The van der Waals surface area contributed by atoms with Gasteiger partial charge in [0.15, 0.2) is 0 Å². The highest BCUT2D eigenvalue weighted by Gasteiger charge is 2.28. The molecule has 0 aromatic heterocycles. The number of benzene rings is 3. The van der Waals surface area contributed by atoms with E-state index in [9.17, 15) is 5.11 Å². The summed E-state index contributed by atoms with van der Waals surface area (Å²) in [5.41, 5.74) is 5.35. The predicted molar refractivity (Wildman–Crippen MR) is 122 cm³/mol. The second-order valence-electron chi connectivity index (χ2n) is 7.87. The molecule has 0 amide bonds. The fourth-order valence-electron chi connectivity index (χ4n) is 4.49. The van der Waals surface area contributed by atoms with Gasteiger partial charge in [-0.3, -0.25) is 0 Å². The molecule has 3 aromatic carbocycles. The molecule has 5 rings (SSSR count). The molecule has 0 radical (unpaired) electrons. The zero-order chi connectivity index (χ0) is 20.7. The Kier molecular flexibility index (Phi) is 5.03. The Labute approximate surface area is 185 Å². The summed E-state index contributed by atoms with van der Waals surface area (Å²) in [7, 11) is 1.66. The van der Waals surface area contributed by atoms with E-state index in [1.807, 2.05) is 36.4 Å². The fourth-order valence-corrected chi connectivity index (χ4v) is 4.87. The van der Waals surface area contributed by atoms with Crippen LogP contribution in [0.2, 0.25) is 0 Å². The SMILES string of the molecule is COc1ccc(C2=CC(c3ccc4c(c3O)CCCC4)c3cc(Br)ccc3O2)cc1. The largest absolute Gasteiger partial charge is 0.507 e. The van der Waals surface area contributed by atoms with Crippen molar-refractivity contribution in [1.29, 1.82) is 0 Å². The third-order valence-electron chi connectivity index (χ3n) is 6.09. The third kappa shape index (κ3) is 3.39. The van der Waals surface area contributed by atoms with Gasteiger partial charge in [-0.1, -0.05) is 28.1 Å². The van der Waals surface area contributed by atoms with Crippen LogP contribution in [-0.4, -0.2) is 12.2 Å². The lowest BCUT2D eigenvalue weighted by Crippen LogP contribution is -2.12. The van der Waals surface area contributed by atoms with Crippen LogP contribution in [0, 0.1) is 0 Å². The summed E-state index contributed by atoms with van der Waals surface area (Å²) in [6, 6.07) is 18.2. The number of methoxy groups -OCH3 is 1. The maximum absolute atomic E-state index is 11.2. The molecule has 1 unspecified atom stereocenters. The maximum atomic E-state index is 11.2. The van der Waals surface area contributed by atoms with Crippen LogP contribution in [0.15, 0.2) is 65.1 Å². The molecule has 0 bridgehead atoms. The highest BCUT2D eigenvalue weighted by molar-refractivity contribution is 9.10. The molecule has 0 saturated carbocycles. The van der Waals surface area contributed by atoms with Gasteiger partial charge in [-0.15, -0.1) is 0 Å². The Morgan fingerprint density at radius 1 is 0.967 bits per heavy atom. The second-order valence-corrected chi connectivity index (χ2v) is 8.79. The molecule has 1 heterocycles. The van der Waals surface area contributed by atoms with Gasteiger partial charge in [0, 0.05) is 27.1 Å². The van der Waals surface area contributed by atoms with Crippen molar-refractivity contribution in [1.82, 2.24) is 0 Å². The molecule has 1 atom stereocenters. The zero-order valence-corrected chi connectivity index (χ0v) is 18.4. The van der Waals surface area contributed by atoms with E-state index in [2.05, 4.69) is 40.2 Å². The quantitative estimate of drug-likeness (QED) is 0.475. The Morgan fingerprint density at radius 3 is 2.57 bits per heavy atom. The van der Waals surface area contributed by atoms with Crippen molar-refractivity contribution in [2.45, 2.75) is 31.6 Å². The van der Waals surface area contributed by atoms with E-state index < -0.39 is 0 Å². The van der Waals surface area contributed by atoms with E-state index >= 15 is 0 Å². The van der Waals surface area contributed by atoms with Gasteiger partial charge in [-0.25, -0.2) is 0 Å². The molecule has 0 saturated heterocycles. The van der Waals surface area contributed by atoms with Crippen LogP contribution in [0.25, 0.3) is 5.76 Å². The molecule has 4 heteroatoms. The first-order valence-electron chi connectivity index (χ1n) is 10.3. The number of fused-ring (bicyclic) bond motifs is 2. The van der Waals surface area contributed by atoms with Gasteiger partial charge in [-0.2, -0.15) is 0 Å². The summed E-state index contributed by atoms with van der Waals surface area (Å²) in [5.74, 6) is 2.76. The molecular formula is C26H23BrO3. The molecule has 1 aliphatic carbocycles. The van der Waals surface area contributed by atoms with Crippen LogP contribution in [-0.2, 0) is 12.8 Å². The molecule has 3 nitrogen and oxygen atoms in total. The van der Waals surface area contributed by atoms with Crippen molar-refractivity contribution in [3.05, 3.63) is 93.0 Å². The van der Waals surface area contributed by atoms with Crippen molar-refractivity contribution in [3.8, 4) is 17.2 Å². The zero-order valence-electron chi connectivity index (χ0n) is 16.8. The molecule has 152 valence electrons. The van der Waals surface area contributed by atoms with Gasteiger partial charge >= 0.3 is 0 Å². The minimum atomic E-state index is -0.0874. The average Bonchev–Trinajstić information content (AvgIpc) is 2.79. The Hall–Kier alpha value is -2.72. The molecule has 1 aliphatic heterocycles. The summed E-state index contributed by atoms with van der Waals surface area (Å²) in [6.07, 6.45) is 6.43. The van der Waals surface area contributed by atoms with Crippen molar-refractivity contribution >= 4 is 21.7 Å². The number of aryl methyl sites for hydroxylation is 1. The van der Waals surface area contributed by atoms with E-state index in [4.69, 9.17) is 9.47 Å². The molecular weight excluding hydrogens is 440 g/mol. The van der Waals surface area contributed by atoms with Crippen LogP contribution in [0.1, 0.15) is 46.6 Å². The molecule has 0 spiro atoms. The van der Waals surface area contributed by atoms with Gasteiger partial charge in [0.2, 0.25) is 0 Å². The topological polar surface area (TPSA) is 38.7 Å². The molecule has 30 heavy (non-hydrogen) atoms. The number of hydrogen-bond acceptors (Lipinski definition) is 3.